The SMILES string of the molecule is CCOc1cccc(Oc2c(Cl)cccc2CO)c1. The smallest absolute Gasteiger partial charge is 0.151 e. The van der Waals surface area contributed by atoms with Crippen LogP contribution < -0.4 is 9.47 Å². The van der Waals surface area contributed by atoms with E-state index >= 15 is 0 Å². The Bertz CT molecular complexity index is 555. The lowest BCUT2D eigenvalue weighted by Crippen LogP contribution is -1.94. The summed E-state index contributed by atoms with van der Waals surface area (Å²) in [5.41, 5.74) is 0.648. The van der Waals surface area contributed by atoms with Crippen molar-refractivity contribution >= 4 is 11.6 Å². The Morgan fingerprint density at radius 2 is 1.84 bits per heavy atom. The van der Waals surface area contributed by atoms with E-state index in [9.17, 15) is 5.11 Å². The summed E-state index contributed by atoms with van der Waals surface area (Å²) in [6.45, 7) is 2.39. The summed E-state index contributed by atoms with van der Waals surface area (Å²) < 4.78 is 11.2. The van der Waals surface area contributed by atoms with E-state index in [0.29, 0.717) is 28.7 Å². The number of rotatable bonds is 5. The Morgan fingerprint density at radius 3 is 2.58 bits per heavy atom. The maximum Gasteiger partial charge on any atom is 0.151 e. The molecule has 0 heterocycles. The number of ether oxygens (including phenoxy) is 2. The number of halogens is 1. The van der Waals surface area contributed by atoms with Crippen molar-refractivity contribution in [2.24, 2.45) is 0 Å². The zero-order valence-corrected chi connectivity index (χ0v) is 11.4. The van der Waals surface area contributed by atoms with Crippen molar-refractivity contribution in [2.75, 3.05) is 6.61 Å². The van der Waals surface area contributed by atoms with E-state index in [4.69, 9.17) is 21.1 Å². The standard InChI is InChI=1S/C15H15ClO3/c1-2-18-12-6-4-7-13(9-12)19-15-11(10-17)5-3-8-14(15)16/h3-9,17H,2,10H2,1H3. The van der Waals surface area contributed by atoms with Gasteiger partial charge < -0.3 is 14.6 Å². The third-order valence-electron chi connectivity index (χ3n) is 2.56. The average Bonchev–Trinajstić information content (AvgIpc) is 2.42. The van der Waals surface area contributed by atoms with Crippen molar-refractivity contribution in [1.29, 1.82) is 0 Å². The second-order valence-corrected chi connectivity index (χ2v) is 4.30. The van der Waals surface area contributed by atoms with Crippen LogP contribution in [0.25, 0.3) is 0 Å². The van der Waals surface area contributed by atoms with Gasteiger partial charge in [0.05, 0.1) is 18.2 Å². The van der Waals surface area contributed by atoms with E-state index in [-0.39, 0.29) is 6.61 Å². The van der Waals surface area contributed by atoms with Gasteiger partial charge in [-0.05, 0) is 25.1 Å². The summed E-state index contributed by atoms with van der Waals surface area (Å²) in [5.74, 6) is 1.83. The molecule has 0 radical (unpaired) electrons. The molecule has 0 saturated carbocycles. The second-order valence-electron chi connectivity index (χ2n) is 3.90. The van der Waals surface area contributed by atoms with Crippen LogP contribution in [-0.2, 0) is 6.61 Å². The molecule has 4 heteroatoms. The zero-order valence-electron chi connectivity index (χ0n) is 10.6. The summed E-state index contributed by atoms with van der Waals surface area (Å²) in [6.07, 6.45) is 0. The lowest BCUT2D eigenvalue weighted by atomic mass is 10.2. The topological polar surface area (TPSA) is 38.7 Å². The normalized spacial score (nSPS) is 10.3. The van der Waals surface area contributed by atoms with Gasteiger partial charge in [0.25, 0.3) is 0 Å². The first-order valence-electron chi connectivity index (χ1n) is 6.03. The highest BCUT2D eigenvalue weighted by Gasteiger charge is 2.09. The number of aliphatic hydroxyl groups excluding tert-OH is 1. The Hall–Kier alpha value is -1.71. The summed E-state index contributed by atoms with van der Waals surface area (Å²) in [7, 11) is 0. The molecule has 0 aromatic heterocycles. The second kappa shape index (κ2) is 6.45. The van der Waals surface area contributed by atoms with Crippen molar-refractivity contribution in [2.45, 2.75) is 13.5 Å². The van der Waals surface area contributed by atoms with Crippen molar-refractivity contribution in [3.05, 3.63) is 53.1 Å². The van der Waals surface area contributed by atoms with Gasteiger partial charge in [-0.25, -0.2) is 0 Å². The van der Waals surface area contributed by atoms with Crippen LogP contribution in [0.4, 0.5) is 0 Å². The molecule has 19 heavy (non-hydrogen) atoms. The first-order valence-corrected chi connectivity index (χ1v) is 6.41. The van der Waals surface area contributed by atoms with Crippen LogP contribution in [0.1, 0.15) is 12.5 Å². The lowest BCUT2D eigenvalue weighted by Gasteiger charge is -2.12. The Balaban J connectivity index is 2.28. The molecular formula is C15H15ClO3. The first-order chi connectivity index (χ1) is 9.24. The molecule has 2 rings (SSSR count). The number of para-hydroxylation sites is 1. The predicted molar refractivity (Wildman–Crippen MR) is 75.1 cm³/mol. The molecule has 0 amide bonds. The molecule has 2 aromatic rings. The van der Waals surface area contributed by atoms with Crippen molar-refractivity contribution < 1.29 is 14.6 Å². The first kappa shape index (κ1) is 13.7. The maximum absolute atomic E-state index is 9.30. The van der Waals surface area contributed by atoms with Gasteiger partial charge in [0.2, 0.25) is 0 Å². The molecule has 0 aliphatic carbocycles. The number of hydrogen-bond donors (Lipinski definition) is 1. The molecule has 1 N–H and O–H groups in total. The van der Waals surface area contributed by atoms with Crippen molar-refractivity contribution in [3.8, 4) is 17.2 Å². The highest BCUT2D eigenvalue weighted by molar-refractivity contribution is 6.32. The molecule has 0 aliphatic heterocycles. The van der Waals surface area contributed by atoms with E-state index in [1.165, 1.54) is 0 Å². The summed E-state index contributed by atoms with van der Waals surface area (Å²) in [6, 6.07) is 12.6. The lowest BCUT2D eigenvalue weighted by molar-refractivity contribution is 0.276. The van der Waals surface area contributed by atoms with Crippen LogP contribution in [0.3, 0.4) is 0 Å². The fourth-order valence-corrected chi connectivity index (χ4v) is 1.94. The molecule has 0 atom stereocenters. The van der Waals surface area contributed by atoms with E-state index < -0.39 is 0 Å². The van der Waals surface area contributed by atoms with Crippen LogP contribution in [0, 0.1) is 0 Å². The van der Waals surface area contributed by atoms with Crippen LogP contribution in [0.5, 0.6) is 17.2 Å². The van der Waals surface area contributed by atoms with Crippen LogP contribution >= 0.6 is 11.6 Å². The quantitative estimate of drug-likeness (QED) is 0.898. The Morgan fingerprint density at radius 1 is 1.11 bits per heavy atom. The summed E-state index contributed by atoms with van der Waals surface area (Å²) in [5, 5.41) is 9.76. The third kappa shape index (κ3) is 3.40. The summed E-state index contributed by atoms with van der Waals surface area (Å²) >= 11 is 6.09. The van der Waals surface area contributed by atoms with E-state index in [1.807, 2.05) is 25.1 Å². The van der Waals surface area contributed by atoms with Gasteiger partial charge >= 0.3 is 0 Å². The minimum absolute atomic E-state index is 0.124. The molecular weight excluding hydrogens is 264 g/mol. The fourth-order valence-electron chi connectivity index (χ4n) is 1.70. The molecule has 0 fully saturated rings. The largest absolute Gasteiger partial charge is 0.494 e. The monoisotopic (exact) mass is 278 g/mol. The molecule has 0 saturated heterocycles. The molecule has 3 nitrogen and oxygen atoms in total. The van der Waals surface area contributed by atoms with Crippen molar-refractivity contribution in [3.63, 3.8) is 0 Å². The summed E-state index contributed by atoms with van der Waals surface area (Å²) in [4.78, 5) is 0. The average molecular weight is 279 g/mol. The molecule has 0 bridgehead atoms. The van der Waals surface area contributed by atoms with E-state index in [0.717, 1.165) is 5.75 Å². The zero-order chi connectivity index (χ0) is 13.7. The minimum Gasteiger partial charge on any atom is -0.494 e. The van der Waals surface area contributed by atoms with Crippen LogP contribution in [0.2, 0.25) is 5.02 Å². The van der Waals surface area contributed by atoms with Gasteiger partial charge in [0.15, 0.2) is 5.75 Å². The molecule has 0 unspecified atom stereocenters. The van der Waals surface area contributed by atoms with Gasteiger partial charge in [-0.1, -0.05) is 29.8 Å². The van der Waals surface area contributed by atoms with E-state index in [2.05, 4.69) is 0 Å². The highest BCUT2D eigenvalue weighted by atomic mass is 35.5. The number of hydrogen-bond acceptors (Lipinski definition) is 3. The number of aliphatic hydroxyl groups is 1. The minimum atomic E-state index is -0.124. The predicted octanol–water partition coefficient (Wildman–Crippen LogP) is 4.02. The highest BCUT2D eigenvalue weighted by Crippen LogP contribution is 2.34. The Labute approximate surface area is 117 Å². The third-order valence-corrected chi connectivity index (χ3v) is 2.85. The van der Waals surface area contributed by atoms with Gasteiger partial charge in [-0.2, -0.15) is 0 Å². The van der Waals surface area contributed by atoms with Crippen LogP contribution in [-0.4, -0.2) is 11.7 Å². The van der Waals surface area contributed by atoms with Gasteiger partial charge in [-0.3, -0.25) is 0 Å². The Kier molecular flexibility index (Phi) is 4.66. The van der Waals surface area contributed by atoms with Gasteiger partial charge in [0.1, 0.15) is 11.5 Å². The van der Waals surface area contributed by atoms with Gasteiger partial charge in [0, 0.05) is 11.6 Å². The maximum atomic E-state index is 9.30. The molecule has 2 aromatic carbocycles. The van der Waals surface area contributed by atoms with E-state index in [1.54, 1.807) is 24.3 Å². The van der Waals surface area contributed by atoms with Crippen molar-refractivity contribution in [1.82, 2.24) is 0 Å². The molecule has 0 aliphatic rings. The van der Waals surface area contributed by atoms with Gasteiger partial charge in [-0.15, -0.1) is 0 Å². The number of benzene rings is 2. The van der Waals surface area contributed by atoms with Crippen LogP contribution in [0.15, 0.2) is 42.5 Å². The fraction of sp³-hybridized carbons (Fsp3) is 0.200. The molecule has 0 spiro atoms. The molecule has 100 valence electrons.